The minimum absolute atomic E-state index is 0.678. The van der Waals surface area contributed by atoms with Crippen molar-refractivity contribution in [3.63, 3.8) is 0 Å². The molecule has 0 aliphatic carbocycles. The molecule has 0 radical (unpaired) electrons. The van der Waals surface area contributed by atoms with Crippen LogP contribution in [-0.4, -0.2) is 24.2 Å². The number of rotatable bonds is 5. The predicted molar refractivity (Wildman–Crippen MR) is 113 cm³/mol. The molecule has 1 heterocycles. The van der Waals surface area contributed by atoms with Crippen LogP contribution in [0.2, 0.25) is 0 Å². The van der Waals surface area contributed by atoms with E-state index in [2.05, 4.69) is 24.4 Å². The predicted octanol–water partition coefficient (Wildman–Crippen LogP) is 5.37. The number of nitrogens with zero attached hydrogens (tertiary/aromatic N) is 2. The van der Waals surface area contributed by atoms with E-state index in [9.17, 15) is 0 Å². The summed E-state index contributed by atoms with van der Waals surface area (Å²) in [6.07, 6.45) is 0. The fourth-order valence-corrected chi connectivity index (χ4v) is 3.11. The van der Waals surface area contributed by atoms with Gasteiger partial charge in [0.25, 0.3) is 0 Å². The van der Waals surface area contributed by atoms with Gasteiger partial charge in [0.1, 0.15) is 17.3 Å². The number of para-hydroxylation sites is 1. The fourth-order valence-electron chi connectivity index (χ4n) is 3.11. The molecule has 1 N–H and O–H groups in total. The summed E-state index contributed by atoms with van der Waals surface area (Å²) in [7, 11) is 3.27. The van der Waals surface area contributed by atoms with Crippen molar-refractivity contribution in [2.75, 3.05) is 19.5 Å². The summed E-state index contributed by atoms with van der Waals surface area (Å²) in [5, 5.41) is 4.35. The first-order valence-corrected chi connectivity index (χ1v) is 9.01. The molecule has 5 heteroatoms. The molecule has 0 atom stereocenters. The van der Waals surface area contributed by atoms with Crippen LogP contribution in [0.5, 0.6) is 11.5 Å². The summed E-state index contributed by atoms with van der Waals surface area (Å²) in [6.45, 7) is 2.06. The molecule has 5 nitrogen and oxygen atoms in total. The first kappa shape index (κ1) is 17.8. The largest absolute Gasteiger partial charge is 0.497 e. The molecule has 140 valence electrons. The topological polar surface area (TPSA) is 56.3 Å². The van der Waals surface area contributed by atoms with Crippen molar-refractivity contribution in [3.05, 3.63) is 72.3 Å². The van der Waals surface area contributed by atoms with E-state index in [1.807, 2.05) is 54.6 Å². The van der Waals surface area contributed by atoms with Gasteiger partial charge in [-0.25, -0.2) is 9.97 Å². The van der Waals surface area contributed by atoms with Gasteiger partial charge in [0.05, 0.1) is 25.4 Å². The van der Waals surface area contributed by atoms with Crippen LogP contribution in [0.1, 0.15) is 5.56 Å². The normalized spacial score (nSPS) is 10.7. The van der Waals surface area contributed by atoms with Gasteiger partial charge in [0.2, 0.25) is 0 Å². The van der Waals surface area contributed by atoms with E-state index < -0.39 is 0 Å². The van der Waals surface area contributed by atoms with Crippen LogP contribution in [0.3, 0.4) is 0 Å². The zero-order chi connectivity index (χ0) is 19.5. The third-order valence-electron chi connectivity index (χ3n) is 4.54. The molecular weight excluding hydrogens is 350 g/mol. The Kier molecular flexibility index (Phi) is 4.81. The fraction of sp³-hybridized carbons (Fsp3) is 0.130. The van der Waals surface area contributed by atoms with Crippen molar-refractivity contribution < 1.29 is 9.47 Å². The molecule has 28 heavy (non-hydrogen) atoms. The molecule has 3 aromatic carbocycles. The molecule has 0 bridgehead atoms. The Balaban J connectivity index is 1.84. The first-order chi connectivity index (χ1) is 13.7. The monoisotopic (exact) mass is 371 g/mol. The van der Waals surface area contributed by atoms with E-state index in [1.165, 1.54) is 5.56 Å². The van der Waals surface area contributed by atoms with E-state index in [1.54, 1.807) is 14.2 Å². The number of fused-ring (bicyclic) bond motifs is 1. The van der Waals surface area contributed by atoms with Crippen molar-refractivity contribution in [2.24, 2.45) is 0 Å². The lowest BCUT2D eigenvalue weighted by molar-refractivity contribution is 0.395. The van der Waals surface area contributed by atoms with Crippen LogP contribution in [0.4, 0.5) is 11.5 Å². The summed E-state index contributed by atoms with van der Waals surface area (Å²) in [4.78, 5) is 9.57. The van der Waals surface area contributed by atoms with Crippen molar-refractivity contribution in [2.45, 2.75) is 6.92 Å². The minimum Gasteiger partial charge on any atom is -0.497 e. The molecule has 0 spiro atoms. The number of anilines is 2. The van der Waals surface area contributed by atoms with E-state index in [0.717, 1.165) is 33.7 Å². The molecule has 4 rings (SSSR count). The average Bonchev–Trinajstić information content (AvgIpc) is 2.74. The van der Waals surface area contributed by atoms with Crippen molar-refractivity contribution in [1.82, 2.24) is 9.97 Å². The number of methoxy groups -OCH3 is 2. The highest BCUT2D eigenvalue weighted by Gasteiger charge is 2.12. The van der Waals surface area contributed by atoms with E-state index in [0.29, 0.717) is 11.6 Å². The molecule has 0 amide bonds. The highest BCUT2D eigenvalue weighted by Crippen LogP contribution is 2.34. The standard InChI is InChI=1S/C23H21N3O2/c1-15-7-6-8-16(13-15)22-24-19-10-5-4-9-18(19)23(26-22)25-20-12-11-17(27-2)14-21(20)28-3/h4-14H,1-3H3,(H,24,25,26). The Hall–Kier alpha value is -3.60. The van der Waals surface area contributed by atoms with Gasteiger partial charge < -0.3 is 14.8 Å². The summed E-state index contributed by atoms with van der Waals surface area (Å²) in [5.74, 6) is 2.82. The molecule has 0 saturated heterocycles. The first-order valence-electron chi connectivity index (χ1n) is 9.01. The Morgan fingerprint density at radius 2 is 1.68 bits per heavy atom. The zero-order valence-corrected chi connectivity index (χ0v) is 16.1. The van der Waals surface area contributed by atoms with Crippen LogP contribution < -0.4 is 14.8 Å². The van der Waals surface area contributed by atoms with Gasteiger partial charge in [-0.15, -0.1) is 0 Å². The van der Waals surface area contributed by atoms with E-state index >= 15 is 0 Å². The summed E-state index contributed by atoms with van der Waals surface area (Å²) in [5.41, 5.74) is 3.84. The zero-order valence-electron chi connectivity index (χ0n) is 16.1. The highest BCUT2D eigenvalue weighted by molar-refractivity contribution is 5.92. The van der Waals surface area contributed by atoms with Gasteiger partial charge >= 0.3 is 0 Å². The van der Waals surface area contributed by atoms with E-state index in [4.69, 9.17) is 19.4 Å². The number of aromatic nitrogens is 2. The minimum atomic E-state index is 0.678. The Morgan fingerprint density at radius 3 is 2.46 bits per heavy atom. The Bertz CT molecular complexity index is 1140. The van der Waals surface area contributed by atoms with Crippen LogP contribution in [-0.2, 0) is 0 Å². The lowest BCUT2D eigenvalue weighted by atomic mass is 10.1. The smallest absolute Gasteiger partial charge is 0.162 e. The van der Waals surface area contributed by atoms with E-state index in [-0.39, 0.29) is 0 Å². The highest BCUT2D eigenvalue weighted by atomic mass is 16.5. The number of aryl methyl sites for hydroxylation is 1. The number of hydrogen-bond donors (Lipinski definition) is 1. The molecule has 0 aliphatic heterocycles. The lowest BCUT2D eigenvalue weighted by Crippen LogP contribution is -2.01. The molecule has 0 aliphatic rings. The molecule has 4 aromatic rings. The average molecular weight is 371 g/mol. The van der Waals surface area contributed by atoms with Gasteiger partial charge in [-0.1, -0.05) is 35.9 Å². The Labute approximate surface area is 164 Å². The van der Waals surface area contributed by atoms with Crippen molar-refractivity contribution in [3.8, 4) is 22.9 Å². The Morgan fingerprint density at radius 1 is 0.821 bits per heavy atom. The second-order valence-corrected chi connectivity index (χ2v) is 6.47. The maximum Gasteiger partial charge on any atom is 0.162 e. The maximum absolute atomic E-state index is 5.52. The molecule has 0 fully saturated rings. The number of benzene rings is 3. The van der Waals surface area contributed by atoms with Gasteiger partial charge in [-0.2, -0.15) is 0 Å². The summed E-state index contributed by atoms with van der Waals surface area (Å²) >= 11 is 0. The third-order valence-corrected chi connectivity index (χ3v) is 4.54. The second-order valence-electron chi connectivity index (χ2n) is 6.47. The number of hydrogen-bond acceptors (Lipinski definition) is 5. The van der Waals surface area contributed by atoms with Gasteiger partial charge in [-0.05, 0) is 37.3 Å². The molecule has 0 unspecified atom stereocenters. The van der Waals surface area contributed by atoms with Gasteiger partial charge in [-0.3, -0.25) is 0 Å². The van der Waals surface area contributed by atoms with Crippen molar-refractivity contribution in [1.29, 1.82) is 0 Å². The molecule has 0 saturated carbocycles. The second kappa shape index (κ2) is 7.56. The summed E-state index contributed by atoms with van der Waals surface area (Å²) < 4.78 is 10.8. The van der Waals surface area contributed by atoms with Crippen molar-refractivity contribution >= 4 is 22.4 Å². The summed E-state index contributed by atoms with van der Waals surface area (Å²) in [6, 6.07) is 21.8. The van der Waals surface area contributed by atoms with Gasteiger partial charge in [0, 0.05) is 17.0 Å². The van der Waals surface area contributed by atoms with Crippen LogP contribution in [0.15, 0.2) is 66.7 Å². The molecule has 1 aromatic heterocycles. The third kappa shape index (κ3) is 3.47. The quantitative estimate of drug-likeness (QED) is 0.511. The van der Waals surface area contributed by atoms with Crippen LogP contribution >= 0.6 is 0 Å². The lowest BCUT2D eigenvalue weighted by Gasteiger charge is -2.14. The number of nitrogens with one attached hydrogen (secondary N) is 1. The maximum atomic E-state index is 5.52. The molecular formula is C23H21N3O2. The van der Waals surface area contributed by atoms with Crippen LogP contribution in [0.25, 0.3) is 22.3 Å². The van der Waals surface area contributed by atoms with Gasteiger partial charge in [0.15, 0.2) is 5.82 Å². The number of ether oxygens (including phenoxy) is 2. The SMILES string of the molecule is COc1ccc(Nc2nc(-c3cccc(C)c3)nc3ccccc23)c(OC)c1. The van der Waals surface area contributed by atoms with Crippen LogP contribution in [0, 0.1) is 6.92 Å².